The first-order valence-corrected chi connectivity index (χ1v) is 12.5. The number of carbonyl (C=O) groups is 1. The van der Waals surface area contributed by atoms with E-state index in [0.29, 0.717) is 25.3 Å². The van der Waals surface area contributed by atoms with Crippen molar-refractivity contribution >= 4 is 17.3 Å². The average molecular weight is 472 g/mol. The third-order valence-electron chi connectivity index (χ3n) is 6.85. The van der Waals surface area contributed by atoms with E-state index in [1.54, 1.807) is 0 Å². The molecule has 6 nitrogen and oxygen atoms in total. The minimum atomic E-state index is -0.573. The minimum Gasteiger partial charge on any atom is -0.491 e. The lowest BCUT2D eigenvalue weighted by Crippen LogP contribution is -2.49. The predicted molar refractivity (Wildman–Crippen MR) is 139 cm³/mol. The quantitative estimate of drug-likeness (QED) is 0.543. The van der Waals surface area contributed by atoms with Crippen LogP contribution in [0.15, 0.2) is 78.9 Å². The van der Waals surface area contributed by atoms with Crippen LogP contribution in [0, 0.1) is 0 Å². The van der Waals surface area contributed by atoms with Crippen LogP contribution in [0.5, 0.6) is 5.75 Å². The van der Waals surface area contributed by atoms with E-state index < -0.39 is 6.10 Å². The minimum absolute atomic E-state index is 0.133. The summed E-state index contributed by atoms with van der Waals surface area (Å²) in [5.41, 5.74) is 4.42. The van der Waals surface area contributed by atoms with E-state index in [1.165, 1.54) is 5.69 Å². The van der Waals surface area contributed by atoms with Gasteiger partial charge in [0.2, 0.25) is 5.91 Å². The summed E-state index contributed by atoms with van der Waals surface area (Å²) in [4.78, 5) is 19.2. The maximum Gasteiger partial charge on any atom is 0.227 e. The molecule has 3 aromatic carbocycles. The van der Waals surface area contributed by atoms with Crippen molar-refractivity contribution in [1.29, 1.82) is 0 Å². The van der Waals surface area contributed by atoms with Crippen molar-refractivity contribution in [3.05, 3.63) is 90.0 Å². The molecule has 2 heterocycles. The summed E-state index contributed by atoms with van der Waals surface area (Å²) in [6, 6.07) is 26.5. The highest BCUT2D eigenvalue weighted by Crippen LogP contribution is 2.33. The normalized spacial score (nSPS) is 17.2. The van der Waals surface area contributed by atoms with Crippen molar-refractivity contribution < 1.29 is 14.6 Å². The van der Waals surface area contributed by atoms with Gasteiger partial charge < -0.3 is 19.6 Å². The van der Waals surface area contributed by atoms with Gasteiger partial charge in [0.15, 0.2) is 0 Å². The largest absolute Gasteiger partial charge is 0.491 e. The molecule has 1 atom stereocenters. The number of nitrogens with zero attached hydrogens (tertiary/aromatic N) is 3. The molecule has 1 saturated heterocycles. The zero-order chi connectivity index (χ0) is 24.0. The number of para-hydroxylation sites is 1. The average Bonchev–Trinajstić information content (AvgIpc) is 2.91. The number of hydrogen-bond donors (Lipinski definition) is 1. The number of aliphatic hydroxyl groups is 1. The van der Waals surface area contributed by atoms with Crippen molar-refractivity contribution in [1.82, 2.24) is 4.90 Å². The van der Waals surface area contributed by atoms with E-state index in [-0.39, 0.29) is 12.5 Å². The van der Waals surface area contributed by atoms with Crippen LogP contribution >= 0.6 is 0 Å². The Kier molecular flexibility index (Phi) is 7.31. The first-order valence-electron chi connectivity index (χ1n) is 12.5. The first kappa shape index (κ1) is 23.4. The molecule has 0 radical (unpaired) electrons. The van der Waals surface area contributed by atoms with Gasteiger partial charge in [0.25, 0.3) is 0 Å². The van der Waals surface area contributed by atoms with Crippen LogP contribution in [0.1, 0.15) is 17.5 Å². The van der Waals surface area contributed by atoms with Crippen molar-refractivity contribution in [2.45, 2.75) is 25.5 Å². The van der Waals surface area contributed by atoms with E-state index in [1.807, 2.05) is 59.5 Å². The summed E-state index contributed by atoms with van der Waals surface area (Å²) in [6.07, 6.45) is 0.699. The molecule has 6 heteroatoms. The molecule has 1 fully saturated rings. The molecule has 5 rings (SSSR count). The molecule has 0 spiro atoms. The molecule has 1 amide bonds. The number of piperazine rings is 1. The number of aryl methyl sites for hydroxylation is 1. The third kappa shape index (κ3) is 5.84. The van der Waals surface area contributed by atoms with E-state index in [0.717, 1.165) is 49.4 Å². The van der Waals surface area contributed by atoms with Gasteiger partial charge in [0, 0.05) is 50.9 Å². The SMILES string of the molecule is O=C1CCc2ccc(OCC(O)CN3CCN(c4ccccc4)CC3)cc2N1Cc1ccccc1. The zero-order valence-corrected chi connectivity index (χ0v) is 20.1. The van der Waals surface area contributed by atoms with E-state index in [4.69, 9.17) is 4.74 Å². The summed E-state index contributed by atoms with van der Waals surface area (Å²) in [5, 5.41) is 10.6. The second-order valence-corrected chi connectivity index (χ2v) is 9.34. The fourth-order valence-electron chi connectivity index (χ4n) is 4.92. The van der Waals surface area contributed by atoms with Crippen LogP contribution in [0.4, 0.5) is 11.4 Å². The van der Waals surface area contributed by atoms with Gasteiger partial charge in [-0.15, -0.1) is 0 Å². The van der Waals surface area contributed by atoms with Crippen LogP contribution in [0.25, 0.3) is 0 Å². The summed E-state index contributed by atoms with van der Waals surface area (Å²) in [5.74, 6) is 0.817. The van der Waals surface area contributed by atoms with Gasteiger partial charge >= 0.3 is 0 Å². The lowest BCUT2D eigenvalue weighted by Gasteiger charge is -2.36. The summed E-state index contributed by atoms with van der Waals surface area (Å²) >= 11 is 0. The maximum atomic E-state index is 12.7. The molecule has 0 aliphatic carbocycles. The topological polar surface area (TPSA) is 56.3 Å². The zero-order valence-electron chi connectivity index (χ0n) is 20.1. The van der Waals surface area contributed by atoms with Gasteiger partial charge in [0.05, 0.1) is 12.2 Å². The molecule has 35 heavy (non-hydrogen) atoms. The molecule has 0 bridgehead atoms. The van der Waals surface area contributed by atoms with Crippen LogP contribution in [-0.2, 0) is 17.8 Å². The Hall–Kier alpha value is -3.35. The second-order valence-electron chi connectivity index (χ2n) is 9.34. The molecular formula is C29H33N3O3. The number of ether oxygens (including phenoxy) is 1. The Morgan fingerprint density at radius 2 is 1.57 bits per heavy atom. The standard InChI is InChI=1S/C29H33N3O3/c33-26(21-30-15-17-31(18-16-30)25-9-5-2-6-10-25)22-35-27-13-11-24-12-14-29(34)32(28(24)19-27)20-23-7-3-1-4-8-23/h1-11,13,19,26,33H,12,14-18,20-22H2. The van der Waals surface area contributed by atoms with Gasteiger partial charge in [0.1, 0.15) is 18.5 Å². The Bertz CT molecular complexity index is 1110. The number of β-amino-alcohol motifs (C(OH)–C–C–N with tert-alkyl or cyclic N) is 1. The highest BCUT2D eigenvalue weighted by molar-refractivity contribution is 5.96. The Morgan fingerprint density at radius 1 is 0.857 bits per heavy atom. The monoisotopic (exact) mass is 471 g/mol. The highest BCUT2D eigenvalue weighted by atomic mass is 16.5. The van der Waals surface area contributed by atoms with Crippen LogP contribution < -0.4 is 14.5 Å². The van der Waals surface area contributed by atoms with Crippen molar-refractivity contribution in [2.24, 2.45) is 0 Å². The molecule has 1 unspecified atom stereocenters. The van der Waals surface area contributed by atoms with E-state index >= 15 is 0 Å². The van der Waals surface area contributed by atoms with Crippen molar-refractivity contribution in [2.75, 3.05) is 49.1 Å². The number of fused-ring (bicyclic) bond motifs is 1. The second kappa shape index (κ2) is 10.9. The van der Waals surface area contributed by atoms with Gasteiger partial charge in [-0.3, -0.25) is 9.69 Å². The maximum absolute atomic E-state index is 12.7. The highest BCUT2D eigenvalue weighted by Gasteiger charge is 2.25. The molecule has 0 aromatic heterocycles. The molecule has 0 saturated carbocycles. The van der Waals surface area contributed by atoms with Crippen molar-refractivity contribution in [3.8, 4) is 5.75 Å². The van der Waals surface area contributed by atoms with Gasteiger partial charge in [-0.1, -0.05) is 54.6 Å². The molecule has 2 aliphatic heterocycles. The lowest BCUT2D eigenvalue weighted by atomic mass is 10.00. The number of anilines is 2. The van der Waals surface area contributed by atoms with Crippen LogP contribution in [0.2, 0.25) is 0 Å². The van der Waals surface area contributed by atoms with E-state index in [2.05, 4.69) is 34.1 Å². The van der Waals surface area contributed by atoms with Crippen molar-refractivity contribution in [3.63, 3.8) is 0 Å². The predicted octanol–water partition coefficient (Wildman–Crippen LogP) is 3.73. The molecule has 1 N–H and O–H groups in total. The molecular weight excluding hydrogens is 438 g/mol. The number of aliphatic hydroxyl groups excluding tert-OH is 1. The third-order valence-corrected chi connectivity index (χ3v) is 6.85. The van der Waals surface area contributed by atoms with Crippen LogP contribution in [0.3, 0.4) is 0 Å². The van der Waals surface area contributed by atoms with Crippen LogP contribution in [-0.4, -0.2) is 61.3 Å². The summed E-state index contributed by atoms with van der Waals surface area (Å²) < 4.78 is 5.97. The van der Waals surface area contributed by atoms with E-state index in [9.17, 15) is 9.90 Å². The summed E-state index contributed by atoms with van der Waals surface area (Å²) in [7, 11) is 0. The number of rotatable bonds is 8. The Balaban J connectivity index is 1.15. The lowest BCUT2D eigenvalue weighted by molar-refractivity contribution is -0.119. The van der Waals surface area contributed by atoms with Gasteiger partial charge in [-0.25, -0.2) is 0 Å². The number of carbonyl (C=O) groups excluding carboxylic acids is 1. The molecule has 2 aliphatic rings. The number of amides is 1. The van der Waals surface area contributed by atoms with Gasteiger partial charge in [-0.2, -0.15) is 0 Å². The van der Waals surface area contributed by atoms with Gasteiger partial charge in [-0.05, 0) is 35.7 Å². The molecule has 3 aromatic rings. The first-order chi connectivity index (χ1) is 17.2. The fraction of sp³-hybridized carbons (Fsp3) is 0.345. The Labute approximate surface area is 207 Å². The number of benzene rings is 3. The number of hydrogen-bond acceptors (Lipinski definition) is 5. The smallest absolute Gasteiger partial charge is 0.227 e. The summed E-state index contributed by atoms with van der Waals surface area (Å²) in [6.45, 7) is 5.11. The Morgan fingerprint density at radius 3 is 2.31 bits per heavy atom. The fourth-order valence-corrected chi connectivity index (χ4v) is 4.92. The molecule has 182 valence electrons.